The minimum Gasteiger partial charge on any atom is -0.338 e. The van der Waals surface area contributed by atoms with Gasteiger partial charge in [-0.3, -0.25) is 5.10 Å². The summed E-state index contributed by atoms with van der Waals surface area (Å²) in [6, 6.07) is 5.93. The van der Waals surface area contributed by atoms with Gasteiger partial charge in [-0.25, -0.2) is 0 Å². The Balaban J connectivity index is 1.83. The van der Waals surface area contributed by atoms with Crippen molar-refractivity contribution >= 4 is 17.5 Å². The quantitative estimate of drug-likeness (QED) is 0.891. The molecule has 1 aromatic heterocycles. The summed E-state index contributed by atoms with van der Waals surface area (Å²) in [5, 5.41) is 11.5. The molecule has 0 unspecified atom stereocenters. The molecule has 0 radical (unpaired) electrons. The monoisotopic (exact) mass is 291 g/mol. The summed E-state index contributed by atoms with van der Waals surface area (Å²) >= 11 is 6.16. The van der Waals surface area contributed by atoms with E-state index in [4.69, 9.17) is 11.6 Å². The van der Waals surface area contributed by atoms with Gasteiger partial charge in [0.1, 0.15) is 0 Å². The molecule has 0 aliphatic carbocycles. The lowest BCUT2D eigenvalue weighted by atomic mass is 10.1. The van der Waals surface area contributed by atoms with Crippen LogP contribution in [0.2, 0.25) is 5.02 Å². The zero-order chi connectivity index (χ0) is 13.9. The minimum atomic E-state index is 0.749. The Labute approximate surface area is 123 Å². The summed E-state index contributed by atoms with van der Waals surface area (Å²) in [6.45, 7) is 5.94. The number of rotatable bonds is 2. The van der Waals surface area contributed by atoms with Crippen LogP contribution in [0.15, 0.2) is 18.2 Å². The molecule has 1 saturated heterocycles. The first-order chi connectivity index (χ1) is 9.74. The predicted molar refractivity (Wildman–Crippen MR) is 81.3 cm³/mol. The normalized spacial score (nSPS) is 16.2. The lowest BCUT2D eigenvalue weighted by Crippen LogP contribution is -2.28. The molecule has 2 aromatic rings. The Kier molecular flexibility index (Phi) is 3.89. The highest BCUT2D eigenvalue weighted by atomic mass is 35.5. The van der Waals surface area contributed by atoms with Gasteiger partial charge >= 0.3 is 0 Å². The molecule has 1 aromatic carbocycles. The van der Waals surface area contributed by atoms with Crippen LogP contribution in [0.25, 0.3) is 11.4 Å². The number of hydrogen-bond donors (Lipinski definition) is 2. The first-order valence-corrected chi connectivity index (χ1v) is 7.26. The van der Waals surface area contributed by atoms with Gasteiger partial charge in [0.25, 0.3) is 0 Å². The standard InChI is InChI=1S/C14H18ClN5/c1-10-3-4-11(9-12(10)15)13-17-14(19-18-13)20-7-2-5-16-6-8-20/h3-4,9,16H,2,5-8H2,1H3,(H,17,18,19). The van der Waals surface area contributed by atoms with Gasteiger partial charge in [-0.2, -0.15) is 4.98 Å². The van der Waals surface area contributed by atoms with E-state index in [0.717, 1.165) is 60.5 Å². The largest absolute Gasteiger partial charge is 0.338 e. The van der Waals surface area contributed by atoms with Crippen LogP contribution < -0.4 is 10.2 Å². The van der Waals surface area contributed by atoms with E-state index in [1.165, 1.54) is 0 Å². The summed E-state index contributed by atoms with van der Waals surface area (Å²) in [6.07, 6.45) is 1.11. The molecule has 20 heavy (non-hydrogen) atoms. The highest BCUT2D eigenvalue weighted by Crippen LogP contribution is 2.24. The molecule has 0 amide bonds. The fraction of sp³-hybridized carbons (Fsp3) is 0.429. The van der Waals surface area contributed by atoms with E-state index in [0.29, 0.717) is 0 Å². The van der Waals surface area contributed by atoms with Crippen molar-refractivity contribution in [3.05, 3.63) is 28.8 Å². The van der Waals surface area contributed by atoms with Crippen molar-refractivity contribution in [1.82, 2.24) is 20.5 Å². The van der Waals surface area contributed by atoms with Crippen molar-refractivity contribution in [2.24, 2.45) is 0 Å². The van der Waals surface area contributed by atoms with Crippen LogP contribution in [0.3, 0.4) is 0 Å². The first kappa shape index (κ1) is 13.4. The van der Waals surface area contributed by atoms with E-state index in [2.05, 4.69) is 25.4 Å². The molecule has 2 N–H and O–H groups in total. The summed E-state index contributed by atoms with van der Waals surface area (Å²) in [5.74, 6) is 1.53. The van der Waals surface area contributed by atoms with Crippen molar-refractivity contribution in [3.8, 4) is 11.4 Å². The third kappa shape index (κ3) is 2.78. The molecule has 1 aliphatic rings. The van der Waals surface area contributed by atoms with Crippen LogP contribution in [0.5, 0.6) is 0 Å². The summed E-state index contributed by atoms with van der Waals surface area (Å²) < 4.78 is 0. The van der Waals surface area contributed by atoms with Crippen LogP contribution in [0.1, 0.15) is 12.0 Å². The second kappa shape index (κ2) is 5.81. The second-order valence-electron chi connectivity index (χ2n) is 5.04. The molecule has 1 aliphatic heterocycles. The molecule has 0 bridgehead atoms. The van der Waals surface area contributed by atoms with Crippen LogP contribution in [-0.2, 0) is 0 Å². The Hall–Kier alpha value is -1.59. The number of benzene rings is 1. The third-order valence-corrected chi connectivity index (χ3v) is 3.95. The lowest BCUT2D eigenvalue weighted by Gasteiger charge is -2.16. The maximum atomic E-state index is 6.16. The summed E-state index contributed by atoms with van der Waals surface area (Å²) in [7, 11) is 0. The van der Waals surface area contributed by atoms with Crippen molar-refractivity contribution in [3.63, 3.8) is 0 Å². The number of H-pyrrole nitrogens is 1. The number of aromatic nitrogens is 3. The van der Waals surface area contributed by atoms with Crippen molar-refractivity contribution in [2.75, 3.05) is 31.1 Å². The highest BCUT2D eigenvalue weighted by molar-refractivity contribution is 6.31. The van der Waals surface area contributed by atoms with E-state index >= 15 is 0 Å². The van der Waals surface area contributed by atoms with Crippen molar-refractivity contribution in [2.45, 2.75) is 13.3 Å². The van der Waals surface area contributed by atoms with Crippen LogP contribution in [-0.4, -0.2) is 41.4 Å². The van der Waals surface area contributed by atoms with Crippen LogP contribution in [0, 0.1) is 6.92 Å². The number of halogens is 1. The van der Waals surface area contributed by atoms with Gasteiger partial charge < -0.3 is 10.2 Å². The predicted octanol–water partition coefficient (Wildman–Crippen LogP) is 2.23. The molecule has 2 heterocycles. The molecular weight excluding hydrogens is 274 g/mol. The maximum absolute atomic E-state index is 6.16. The molecule has 0 atom stereocenters. The number of anilines is 1. The zero-order valence-electron chi connectivity index (χ0n) is 11.5. The van der Waals surface area contributed by atoms with Gasteiger partial charge in [0, 0.05) is 30.2 Å². The highest BCUT2D eigenvalue weighted by Gasteiger charge is 2.15. The average molecular weight is 292 g/mol. The maximum Gasteiger partial charge on any atom is 0.245 e. The molecule has 106 valence electrons. The van der Waals surface area contributed by atoms with E-state index in [9.17, 15) is 0 Å². The smallest absolute Gasteiger partial charge is 0.245 e. The topological polar surface area (TPSA) is 56.8 Å². The molecule has 0 spiro atoms. The van der Waals surface area contributed by atoms with Gasteiger partial charge in [0.15, 0.2) is 5.82 Å². The van der Waals surface area contributed by atoms with Gasteiger partial charge in [0.05, 0.1) is 0 Å². The minimum absolute atomic E-state index is 0.749. The van der Waals surface area contributed by atoms with E-state index in [1.54, 1.807) is 0 Å². The lowest BCUT2D eigenvalue weighted by molar-refractivity contribution is 0.724. The number of nitrogens with one attached hydrogen (secondary N) is 2. The van der Waals surface area contributed by atoms with Gasteiger partial charge in [-0.15, -0.1) is 5.10 Å². The molecule has 5 nitrogen and oxygen atoms in total. The SMILES string of the molecule is Cc1ccc(-c2nc(N3CCCNCC3)n[nH]2)cc1Cl. The van der Waals surface area contributed by atoms with E-state index in [-0.39, 0.29) is 0 Å². The number of nitrogens with zero attached hydrogens (tertiary/aromatic N) is 3. The number of hydrogen-bond acceptors (Lipinski definition) is 4. The molecule has 0 saturated carbocycles. The Morgan fingerprint density at radius 3 is 3.00 bits per heavy atom. The van der Waals surface area contributed by atoms with Gasteiger partial charge in [0.2, 0.25) is 5.95 Å². The summed E-state index contributed by atoms with van der Waals surface area (Å²) in [5.41, 5.74) is 2.03. The second-order valence-corrected chi connectivity index (χ2v) is 5.45. The van der Waals surface area contributed by atoms with E-state index < -0.39 is 0 Å². The average Bonchev–Trinajstić information content (AvgIpc) is 2.78. The van der Waals surface area contributed by atoms with Crippen LogP contribution >= 0.6 is 11.6 Å². The van der Waals surface area contributed by atoms with E-state index in [1.807, 2.05) is 25.1 Å². The number of aromatic amines is 1. The van der Waals surface area contributed by atoms with Crippen molar-refractivity contribution < 1.29 is 0 Å². The third-order valence-electron chi connectivity index (χ3n) is 3.54. The van der Waals surface area contributed by atoms with Crippen molar-refractivity contribution in [1.29, 1.82) is 0 Å². The first-order valence-electron chi connectivity index (χ1n) is 6.88. The van der Waals surface area contributed by atoms with Gasteiger partial charge in [-0.05, 0) is 31.5 Å². The van der Waals surface area contributed by atoms with Gasteiger partial charge in [-0.1, -0.05) is 23.7 Å². The fourth-order valence-electron chi connectivity index (χ4n) is 2.31. The Bertz CT molecular complexity index is 587. The van der Waals surface area contributed by atoms with Crippen LogP contribution in [0.4, 0.5) is 5.95 Å². The number of aryl methyl sites for hydroxylation is 1. The Morgan fingerprint density at radius 1 is 1.25 bits per heavy atom. The summed E-state index contributed by atoms with van der Waals surface area (Å²) in [4.78, 5) is 6.79. The molecule has 1 fully saturated rings. The Morgan fingerprint density at radius 2 is 2.15 bits per heavy atom. The molecular formula is C14H18ClN5. The zero-order valence-corrected chi connectivity index (χ0v) is 12.2. The fourth-order valence-corrected chi connectivity index (χ4v) is 2.49. The molecule has 3 rings (SSSR count). The molecule has 6 heteroatoms.